The Hall–Kier alpha value is -2.92. The molecule has 0 unspecified atom stereocenters. The molecule has 2 heterocycles. The van der Waals surface area contributed by atoms with E-state index in [-0.39, 0.29) is 16.8 Å². The molecule has 0 spiro atoms. The number of hydrogen-bond donors (Lipinski definition) is 2. The highest BCUT2D eigenvalue weighted by atomic mass is 32.2. The fraction of sp³-hybridized carbons (Fsp3) is 0.320. The van der Waals surface area contributed by atoms with Crippen LogP contribution in [0.4, 0.5) is 5.69 Å². The lowest BCUT2D eigenvalue weighted by atomic mass is 10.1. The lowest BCUT2D eigenvalue weighted by molar-refractivity contribution is 0.0169. The zero-order valence-electron chi connectivity index (χ0n) is 19.5. The lowest BCUT2D eigenvalue weighted by Crippen LogP contribution is -2.43. The summed E-state index contributed by atoms with van der Waals surface area (Å²) < 4.78 is 38.9. The minimum Gasteiger partial charge on any atom is -0.494 e. The fourth-order valence-corrected chi connectivity index (χ4v) is 5.78. The molecule has 1 amide bonds. The van der Waals surface area contributed by atoms with Crippen molar-refractivity contribution < 1.29 is 22.7 Å². The maximum Gasteiger partial charge on any atom is 0.261 e. The van der Waals surface area contributed by atoms with Crippen molar-refractivity contribution in [3.05, 3.63) is 76.5 Å². The van der Waals surface area contributed by atoms with Gasteiger partial charge in [-0.05, 0) is 66.9 Å². The number of thiophene rings is 1. The second-order valence-electron chi connectivity index (χ2n) is 7.98. The van der Waals surface area contributed by atoms with E-state index in [1.165, 1.54) is 29.1 Å². The van der Waals surface area contributed by atoms with Gasteiger partial charge in [-0.25, -0.2) is 8.42 Å². The lowest BCUT2D eigenvalue weighted by Gasteiger charge is -2.34. The molecular weight excluding hydrogens is 486 g/mol. The van der Waals surface area contributed by atoms with Gasteiger partial charge in [0.25, 0.3) is 15.9 Å². The van der Waals surface area contributed by atoms with Crippen LogP contribution in [0.2, 0.25) is 0 Å². The number of nitrogens with zero attached hydrogens (tertiary/aromatic N) is 1. The molecule has 10 heteroatoms. The molecule has 3 aromatic rings. The number of amides is 1. The van der Waals surface area contributed by atoms with Gasteiger partial charge >= 0.3 is 0 Å². The average molecular weight is 516 g/mol. The van der Waals surface area contributed by atoms with Crippen LogP contribution < -0.4 is 14.8 Å². The molecule has 0 radical (unpaired) electrons. The highest BCUT2D eigenvalue weighted by molar-refractivity contribution is 7.92. The highest BCUT2D eigenvalue weighted by Crippen LogP contribution is 2.26. The molecule has 1 aliphatic rings. The highest BCUT2D eigenvalue weighted by Gasteiger charge is 2.24. The largest absolute Gasteiger partial charge is 0.494 e. The number of nitrogens with one attached hydrogen (secondary N) is 2. The van der Waals surface area contributed by atoms with Gasteiger partial charge in [-0.1, -0.05) is 6.07 Å². The summed E-state index contributed by atoms with van der Waals surface area (Å²) in [6.45, 7) is 5.85. The van der Waals surface area contributed by atoms with Crippen LogP contribution in [0.3, 0.4) is 0 Å². The van der Waals surface area contributed by atoms with Gasteiger partial charge in [0.2, 0.25) is 0 Å². The molecule has 2 N–H and O–H groups in total. The second-order valence-corrected chi connectivity index (χ2v) is 10.6. The number of anilines is 1. The van der Waals surface area contributed by atoms with Crippen molar-refractivity contribution in [3.8, 4) is 5.75 Å². The van der Waals surface area contributed by atoms with Gasteiger partial charge in [0.05, 0.1) is 30.8 Å². The van der Waals surface area contributed by atoms with Crippen molar-refractivity contribution in [2.75, 3.05) is 44.2 Å². The van der Waals surface area contributed by atoms with Crippen molar-refractivity contribution in [1.82, 2.24) is 10.2 Å². The van der Waals surface area contributed by atoms with Gasteiger partial charge in [-0.15, -0.1) is 11.3 Å². The third-order valence-corrected chi connectivity index (χ3v) is 8.03. The first-order valence-corrected chi connectivity index (χ1v) is 13.8. The predicted octanol–water partition coefficient (Wildman–Crippen LogP) is 3.75. The first-order valence-electron chi connectivity index (χ1n) is 11.5. The number of hydrogen-bond acceptors (Lipinski definition) is 7. The predicted molar refractivity (Wildman–Crippen MR) is 137 cm³/mol. The standard InChI is InChI=1S/C25H29N3O5S2/c1-2-33-21-9-7-20(8-10-21)27-35(30,31)22-11-5-19(6-12-22)25(29)26-18-23(24-4-3-17-34-24)28-13-15-32-16-14-28/h3-12,17,23,27H,2,13-16,18H2,1H3,(H,26,29)/t23-/m1/s1. The van der Waals surface area contributed by atoms with Crippen molar-refractivity contribution in [1.29, 1.82) is 0 Å². The summed E-state index contributed by atoms with van der Waals surface area (Å²) in [5, 5.41) is 5.04. The van der Waals surface area contributed by atoms with Gasteiger partial charge in [-0.2, -0.15) is 0 Å². The van der Waals surface area contributed by atoms with Gasteiger partial charge in [-0.3, -0.25) is 14.4 Å². The van der Waals surface area contributed by atoms with Crippen LogP contribution in [-0.2, 0) is 14.8 Å². The Bertz CT molecular complexity index is 1190. The van der Waals surface area contributed by atoms with E-state index < -0.39 is 10.0 Å². The number of rotatable bonds is 10. The maximum absolute atomic E-state index is 12.8. The minimum atomic E-state index is -3.79. The molecule has 2 aromatic carbocycles. The van der Waals surface area contributed by atoms with E-state index in [9.17, 15) is 13.2 Å². The Morgan fingerprint density at radius 3 is 2.43 bits per heavy atom. The van der Waals surface area contributed by atoms with Gasteiger partial charge in [0.15, 0.2) is 0 Å². The summed E-state index contributed by atoms with van der Waals surface area (Å²) in [4.78, 5) is 16.4. The molecule has 186 valence electrons. The first-order chi connectivity index (χ1) is 17.0. The van der Waals surface area contributed by atoms with Crippen LogP contribution in [0.15, 0.2) is 70.9 Å². The summed E-state index contributed by atoms with van der Waals surface area (Å²) in [5.74, 6) is 0.420. The fourth-order valence-electron chi connectivity index (χ4n) is 3.86. The number of ether oxygens (including phenoxy) is 2. The molecule has 0 aliphatic carbocycles. The SMILES string of the molecule is CCOc1ccc(NS(=O)(=O)c2ccc(C(=O)NC[C@H](c3cccs3)N3CCOCC3)cc2)cc1. The normalized spacial score (nSPS) is 15.3. The minimum absolute atomic E-state index is 0.0702. The van der Waals surface area contributed by atoms with Gasteiger partial charge < -0.3 is 14.8 Å². The van der Waals surface area contributed by atoms with Gasteiger partial charge in [0, 0.05) is 35.8 Å². The van der Waals surface area contributed by atoms with E-state index in [0.717, 1.165) is 13.1 Å². The van der Waals surface area contributed by atoms with Crippen LogP contribution in [0.5, 0.6) is 5.75 Å². The molecule has 8 nitrogen and oxygen atoms in total. The van der Waals surface area contributed by atoms with E-state index in [2.05, 4.69) is 21.0 Å². The van der Waals surface area contributed by atoms with Crippen LogP contribution >= 0.6 is 11.3 Å². The van der Waals surface area contributed by atoms with Crippen molar-refractivity contribution in [3.63, 3.8) is 0 Å². The molecule has 1 saturated heterocycles. The van der Waals surface area contributed by atoms with E-state index in [0.29, 0.717) is 43.4 Å². The zero-order chi connectivity index (χ0) is 24.7. The Kier molecular flexibility index (Phi) is 8.40. The summed E-state index contributed by atoms with van der Waals surface area (Å²) in [6.07, 6.45) is 0. The molecule has 35 heavy (non-hydrogen) atoms. The van der Waals surface area contributed by atoms with E-state index in [1.807, 2.05) is 18.4 Å². The number of carbonyl (C=O) groups is 1. The van der Waals surface area contributed by atoms with E-state index >= 15 is 0 Å². The first kappa shape index (κ1) is 25.2. The van der Waals surface area contributed by atoms with Crippen LogP contribution in [0.25, 0.3) is 0 Å². The van der Waals surface area contributed by atoms with E-state index in [4.69, 9.17) is 9.47 Å². The van der Waals surface area contributed by atoms with Gasteiger partial charge in [0.1, 0.15) is 5.75 Å². The van der Waals surface area contributed by atoms with Crippen LogP contribution in [-0.4, -0.2) is 58.7 Å². The summed E-state index contributed by atoms with van der Waals surface area (Å²) in [6, 6.07) is 16.8. The summed E-state index contributed by atoms with van der Waals surface area (Å²) >= 11 is 1.67. The van der Waals surface area contributed by atoms with Crippen LogP contribution in [0.1, 0.15) is 28.2 Å². The number of benzene rings is 2. The number of carbonyl (C=O) groups excluding carboxylic acids is 1. The van der Waals surface area contributed by atoms with Crippen LogP contribution in [0, 0.1) is 0 Å². The third kappa shape index (κ3) is 6.61. The Balaban J connectivity index is 1.38. The van der Waals surface area contributed by atoms with Crippen molar-refractivity contribution in [2.24, 2.45) is 0 Å². The maximum atomic E-state index is 12.8. The third-order valence-electron chi connectivity index (χ3n) is 5.66. The van der Waals surface area contributed by atoms with Crippen molar-refractivity contribution in [2.45, 2.75) is 17.9 Å². The molecule has 1 atom stereocenters. The molecular formula is C25H29N3O5S2. The number of sulfonamides is 1. The Labute approximate surface area is 209 Å². The zero-order valence-corrected chi connectivity index (χ0v) is 21.1. The molecule has 4 rings (SSSR count). The topological polar surface area (TPSA) is 97.0 Å². The molecule has 0 saturated carbocycles. The smallest absolute Gasteiger partial charge is 0.261 e. The Morgan fingerprint density at radius 2 is 1.80 bits per heavy atom. The summed E-state index contributed by atoms with van der Waals surface area (Å²) in [5.41, 5.74) is 0.829. The number of morpholine rings is 1. The molecule has 0 bridgehead atoms. The van der Waals surface area contributed by atoms with E-state index in [1.54, 1.807) is 35.6 Å². The average Bonchev–Trinajstić information content (AvgIpc) is 3.41. The van der Waals surface area contributed by atoms with Crippen molar-refractivity contribution >= 4 is 33.0 Å². The molecule has 1 aromatic heterocycles. The molecule has 1 aliphatic heterocycles. The Morgan fingerprint density at radius 1 is 1.09 bits per heavy atom. The summed E-state index contributed by atoms with van der Waals surface area (Å²) in [7, 11) is -3.79. The molecule has 1 fully saturated rings. The monoisotopic (exact) mass is 515 g/mol. The second kappa shape index (κ2) is 11.7. The quantitative estimate of drug-likeness (QED) is 0.427.